The van der Waals surface area contributed by atoms with Crippen LogP contribution in [0.15, 0.2) is 9.98 Å². The maximum atomic E-state index is 9.72. The summed E-state index contributed by atoms with van der Waals surface area (Å²) in [6.45, 7) is 3.01. The van der Waals surface area contributed by atoms with Gasteiger partial charge in [-0.1, -0.05) is 6.92 Å². The Morgan fingerprint density at radius 2 is 1.44 bits per heavy atom. The van der Waals surface area contributed by atoms with Crippen LogP contribution in [0.5, 0.6) is 0 Å². The molecule has 8 nitrogen and oxygen atoms in total. The third-order valence-corrected chi connectivity index (χ3v) is 1.50. The molecule has 18 heavy (non-hydrogen) atoms. The van der Waals surface area contributed by atoms with E-state index in [1.807, 2.05) is 6.92 Å². The first-order valence-corrected chi connectivity index (χ1v) is 4.79. The van der Waals surface area contributed by atoms with Crippen molar-refractivity contribution in [3.05, 3.63) is 0 Å². The van der Waals surface area contributed by atoms with E-state index in [1.54, 1.807) is 0 Å². The summed E-state index contributed by atoms with van der Waals surface area (Å²) in [6.07, 6.45) is 6.21. The lowest BCUT2D eigenvalue weighted by Crippen LogP contribution is -1.99. The Labute approximate surface area is 104 Å². The minimum Gasteiger partial charge on any atom is -0.222 e. The van der Waals surface area contributed by atoms with Gasteiger partial charge in [-0.2, -0.15) is 0 Å². The molecule has 0 saturated heterocycles. The van der Waals surface area contributed by atoms with E-state index in [0.29, 0.717) is 19.0 Å². The molecule has 0 fully saturated rings. The van der Waals surface area contributed by atoms with Crippen molar-refractivity contribution in [2.45, 2.75) is 19.8 Å². The number of nitrogens with zero attached hydrogens (tertiary/aromatic N) is 2. The minimum atomic E-state index is 0.355. The van der Waals surface area contributed by atoms with Crippen molar-refractivity contribution in [2.24, 2.45) is 15.9 Å². The predicted octanol–water partition coefficient (Wildman–Crippen LogP) is 0.876. The molecule has 98 valence electrons. The van der Waals surface area contributed by atoms with Gasteiger partial charge in [0.1, 0.15) is 0 Å². The molecule has 0 aliphatic rings. The summed E-state index contributed by atoms with van der Waals surface area (Å²) in [5.74, 6) is 0.355. The molecule has 0 aromatic rings. The molecule has 2 N–H and O–H groups in total. The van der Waals surface area contributed by atoms with E-state index >= 15 is 0 Å². The standard InChI is InChI=1S/C8H12N2O2.2CHNO/c1-8(5-10-7-12)3-2-4-9-6-11;2*2-1-3/h8H,2-5H2,1H3;2*2H. The van der Waals surface area contributed by atoms with Gasteiger partial charge < -0.3 is 0 Å². The molecule has 0 amide bonds. The van der Waals surface area contributed by atoms with Crippen LogP contribution >= 0.6 is 0 Å². The fraction of sp³-hybridized carbons (Fsp3) is 0.600. The van der Waals surface area contributed by atoms with Crippen LogP contribution in [0.4, 0.5) is 0 Å². The molecule has 0 radical (unpaired) electrons. The van der Waals surface area contributed by atoms with Gasteiger partial charge in [0.25, 0.3) is 0 Å². The van der Waals surface area contributed by atoms with E-state index in [4.69, 9.17) is 20.4 Å². The zero-order valence-corrected chi connectivity index (χ0v) is 9.93. The van der Waals surface area contributed by atoms with Crippen molar-refractivity contribution in [2.75, 3.05) is 13.1 Å². The van der Waals surface area contributed by atoms with E-state index < -0.39 is 0 Å². The van der Waals surface area contributed by atoms with Gasteiger partial charge in [0.15, 0.2) is 0 Å². The average molecular weight is 254 g/mol. The molecule has 0 saturated carbocycles. The molecule has 0 aromatic carbocycles. The maximum Gasteiger partial charge on any atom is 0.234 e. The van der Waals surface area contributed by atoms with Crippen LogP contribution in [0.1, 0.15) is 19.8 Å². The minimum absolute atomic E-state index is 0.355. The van der Waals surface area contributed by atoms with Gasteiger partial charge >= 0.3 is 0 Å². The van der Waals surface area contributed by atoms with E-state index in [9.17, 15) is 9.59 Å². The molecule has 1 unspecified atom stereocenters. The van der Waals surface area contributed by atoms with Crippen molar-refractivity contribution in [1.82, 2.24) is 0 Å². The molecule has 0 aliphatic carbocycles. The number of aliphatic imine (C=N–C) groups is 2. The zero-order chi connectivity index (χ0) is 14.6. The molecule has 0 heterocycles. The van der Waals surface area contributed by atoms with Gasteiger partial charge in [0, 0.05) is 0 Å². The topological polar surface area (TPSA) is 141 Å². The lowest BCUT2D eigenvalue weighted by Gasteiger charge is -2.03. The highest BCUT2D eigenvalue weighted by atomic mass is 16.1. The molecular formula is C10H14N4O4. The molecule has 8 heteroatoms. The van der Waals surface area contributed by atoms with Crippen LogP contribution < -0.4 is 0 Å². The molecule has 1 atom stereocenters. The quantitative estimate of drug-likeness (QED) is 0.412. The van der Waals surface area contributed by atoms with E-state index in [2.05, 4.69) is 9.98 Å². The highest BCUT2D eigenvalue weighted by molar-refractivity contribution is 5.33. The Kier molecular flexibility index (Phi) is 27.8. The summed E-state index contributed by atoms with van der Waals surface area (Å²) in [5, 5.41) is 10.8. The first-order valence-electron chi connectivity index (χ1n) is 4.79. The fourth-order valence-electron chi connectivity index (χ4n) is 0.849. The summed E-state index contributed by atoms with van der Waals surface area (Å²) in [5.41, 5.74) is 0. The van der Waals surface area contributed by atoms with Gasteiger partial charge in [-0.3, -0.25) is 0 Å². The normalized spacial score (nSPS) is 8.28. The monoisotopic (exact) mass is 254 g/mol. The third kappa shape index (κ3) is 37.5. The number of rotatable bonds is 6. The summed E-state index contributed by atoms with van der Waals surface area (Å²) >= 11 is 0. The number of carbonyl (C=O) groups excluding carboxylic acids is 4. The van der Waals surface area contributed by atoms with Crippen LogP contribution in [0.25, 0.3) is 0 Å². The fourth-order valence-corrected chi connectivity index (χ4v) is 0.849. The first kappa shape index (κ1) is 20.9. The number of hydrogen-bond acceptors (Lipinski definition) is 8. The van der Waals surface area contributed by atoms with Gasteiger partial charge in [0.05, 0.1) is 13.1 Å². The zero-order valence-electron chi connectivity index (χ0n) is 9.93. The Morgan fingerprint density at radius 1 is 1.00 bits per heavy atom. The lowest BCUT2D eigenvalue weighted by atomic mass is 10.1. The van der Waals surface area contributed by atoms with Gasteiger partial charge in [-0.05, 0) is 18.8 Å². The Hall–Kier alpha value is -2.48. The summed E-state index contributed by atoms with van der Waals surface area (Å²) in [4.78, 5) is 42.9. The molecule has 0 aliphatic heterocycles. The van der Waals surface area contributed by atoms with Crippen LogP contribution in [0, 0.1) is 16.7 Å². The van der Waals surface area contributed by atoms with Crippen molar-refractivity contribution < 1.29 is 19.2 Å². The van der Waals surface area contributed by atoms with E-state index in [0.717, 1.165) is 25.0 Å². The molecule has 0 spiro atoms. The second kappa shape index (κ2) is 24.0. The smallest absolute Gasteiger partial charge is 0.222 e. The van der Waals surface area contributed by atoms with Crippen molar-refractivity contribution in [3.8, 4) is 0 Å². The summed E-state index contributed by atoms with van der Waals surface area (Å²) in [6, 6.07) is 0. The van der Waals surface area contributed by atoms with Crippen LogP contribution in [-0.4, -0.2) is 37.4 Å². The third-order valence-electron chi connectivity index (χ3n) is 1.50. The van der Waals surface area contributed by atoms with Crippen LogP contribution in [0.3, 0.4) is 0 Å². The molecule has 0 aromatic heterocycles. The average Bonchev–Trinajstić information content (AvgIpc) is 2.34. The Bertz CT molecular complexity index is 333. The number of nitrogens with one attached hydrogen (secondary N) is 2. The first-order chi connectivity index (χ1) is 8.64. The van der Waals surface area contributed by atoms with E-state index in [-0.39, 0.29) is 0 Å². The Morgan fingerprint density at radius 3 is 1.83 bits per heavy atom. The highest BCUT2D eigenvalue weighted by Gasteiger charge is 1.99. The van der Waals surface area contributed by atoms with Crippen molar-refractivity contribution >= 4 is 24.3 Å². The largest absolute Gasteiger partial charge is 0.234 e. The molecular weight excluding hydrogens is 240 g/mol. The van der Waals surface area contributed by atoms with Crippen molar-refractivity contribution in [1.29, 1.82) is 10.8 Å². The number of hydrogen-bond donors (Lipinski definition) is 2. The van der Waals surface area contributed by atoms with E-state index in [1.165, 1.54) is 12.2 Å². The Balaban J connectivity index is -0.000000315. The SMILES string of the molecule is CC(CCCN=C=O)CN=C=O.N=C=O.N=C=O. The van der Waals surface area contributed by atoms with Crippen molar-refractivity contribution in [3.63, 3.8) is 0 Å². The molecule has 0 bridgehead atoms. The number of isocyanates is 4. The lowest BCUT2D eigenvalue weighted by molar-refractivity contribution is 0.516. The van der Waals surface area contributed by atoms with Gasteiger partial charge in [-0.15, -0.1) is 0 Å². The molecule has 0 rings (SSSR count). The summed E-state index contributed by atoms with van der Waals surface area (Å²) < 4.78 is 0. The van der Waals surface area contributed by atoms with Gasteiger partial charge in [0.2, 0.25) is 24.3 Å². The predicted molar refractivity (Wildman–Crippen MR) is 61.2 cm³/mol. The summed E-state index contributed by atoms with van der Waals surface area (Å²) in [7, 11) is 0. The second-order valence-electron chi connectivity index (χ2n) is 2.86. The van der Waals surface area contributed by atoms with Crippen LogP contribution in [0.2, 0.25) is 0 Å². The maximum absolute atomic E-state index is 9.72. The van der Waals surface area contributed by atoms with Crippen LogP contribution in [-0.2, 0) is 19.2 Å². The highest BCUT2D eigenvalue weighted by Crippen LogP contribution is 2.04. The second-order valence-corrected chi connectivity index (χ2v) is 2.86. The van der Waals surface area contributed by atoms with Gasteiger partial charge in [-0.25, -0.2) is 40.0 Å².